The monoisotopic (exact) mass is 383 g/mol. The molecule has 0 aliphatic carbocycles. The average Bonchev–Trinajstić information content (AvgIpc) is 2.53. The Bertz CT molecular complexity index is 688. The van der Waals surface area contributed by atoms with Crippen molar-refractivity contribution in [2.45, 2.75) is 4.90 Å². The van der Waals surface area contributed by atoms with Crippen molar-refractivity contribution in [3.8, 4) is 0 Å². The summed E-state index contributed by atoms with van der Waals surface area (Å²) in [4.78, 5) is 11.7. The van der Waals surface area contributed by atoms with Crippen LogP contribution in [-0.4, -0.2) is 63.3 Å². The van der Waals surface area contributed by atoms with Gasteiger partial charge in [-0.15, -0.1) is 0 Å². The SMILES string of the molecule is O=C(OCCO)c1cc(S(=O)(=O)N2CCOCC2)c(Cl)cc1Cl. The Hall–Kier alpha value is -0.900. The fraction of sp³-hybridized carbons (Fsp3) is 0.462. The molecule has 1 aliphatic rings. The van der Waals surface area contributed by atoms with Gasteiger partial charge in [0.15, 0.2) is 0 Å². The Balaban J connectivity index is 2.40. The standard InChI is InChI=1S/C13H15Cl2NO6S/c14-10-8-11(15)12(7-9(10)13(18)22-6-3-17)23(19,20)16-1-4-21-5-2-16/h7-8,17H,1-6H2. The van der Waals surface area contributed by atoms with Crippen molar-refractivity contribution in [3.05, 3.63) is 27.7 Å². The lowest BCUT2D eigenvalue weighted by atomic mass is 10.2. The van der Waals surface area contributed by atoms with Crippen LogP contribution in [0.4, 0.5) is 0 Å². The van der Waals surface area contributed by atoms with Crippen molar-refractivity contribution in [1.29, 1.82) is 0 Å². The van der Waals surface area contributed by atoms with E-state index < -0.39 is 16.0 Å². The summed E-state index contributed by atoms with van der Waals surface area (Å²) in [6.07, 6.45) is 0. The van der Waals surface area contributed by atoms with Crippen LogP contribution >= 0.6 is 23.2 Å². The van der Waals surface area contributed by atoms with E-state index in [0.29, 0.717) is 0 Å². The van der Waals surface area contributed by atoms with E-state index in [-0.39, 0.29) is 60.0 Å². The number of aliphatic hydroxyl groups excluding tert-OH is 1. The van der Waals surface area contributed by atoms with Crippen LogP contribution in [0, 0.1) is 0 Å². The summed E-state index contributed by atoms with van der Waals surface area (Å²) in [6, 6.07) is 2.28. The van der Waals surface area contributed by atoms with Crippen LogP contribution < -0.4 is 0 Å². The summed E-state index contributed by atoms with van der Waals surface area (Å²) in [5.41, 5.74) is -0.128. The van der Waals surface area contributed by atoms with Crippen LogP contribution in [0.5, 0.6) is 0 Å². The van der Waals surface area contributed by atoms with Gasteiger partial charge in [-0.05, 0) is 12.1 Å². The fourth-order valence-corrected chi connectivity index (χ4v) is 4.26. The van der Waals surface area contributed by atoms with Crippen LogP contribution in [0.2, 0.25) is 10.0 Å². The minimum Gasteiger partial charge on any atom is -0.460 e. The zero-order chi connectivity index (χ0) is 17.0. The molecule has 1 N–H and O–H groups in total. The van der Waals surface area contributed by atoms with Gasteiger partial charge in [-0.2, -0.15) is 4.31 Å². The van der Waals surface area contributed by atoms with Crippen molar-refractivity contribution in [3.63, 3.8) is 0 Å². The van der Waals surface area contributed by atoms with E-state index in [4.69, 9.17) is 37.8 Å². The summed E-state index contributed by atoms with van der Waals surface area (Å²) < 4.78 is 36.4. The maximum Gasteiger partial charge on any atom is 0.339 e. The number of ether oxygens (including phenoxy) is 2. The second-order valence-corrected chi connectivity index (χ2v) is 7.36. The molecule has 23 heavy (non-hydrogen) atoms. The van der Waals surface area contributed by atoms with Crippen molar-refractivity contribution in [1.82, 2.24) is 4.31 Å². The van der Waals surface area contributed by atoms with E-state index in [2.05, 4.69) is 0 Å². The Morgan fingerprint density at radius 2 is 1.91 bits per heavy atom. The predicted octanol–water partition coefficient (Wildman–Crippen LogP) is 1.16. The molecular formula is C13H15Cl2NO6S. The number of aliphatic hydroxyl groups is 1. The lowest BCUT2D eigenvalue weighted by Gasteiger charge is -2.26. The molecule has 0 radical (unpaired) electrons. The van der Waals surface area contributed by atoms with Gasteiger partial charge in [0.1, 0.15) is 11.5 Å². The summed E-state index contributed by atoms with van der Waals surface area (Å²) in [6.45, 7) is 0.405. The Labute approximate surface area is 143 Å². The number of halogens is 2. The molecule has 1 aliphatic heterocycles. The molecule has 0 amide bonds. The molecule has 0 spiro atoms. The van der Waals surface area contributed by atoms with Crippen LogP contribution in [0.1, 0.15) is 10.4 Å². The number of benzene rings is 1. The number of esters is 1. The lowest BCUT2D eigenvalue weighted by Crippen LogP contribution is -2.40. The van der Waals surface area contributed by atoms with Crippen LogP contribution in [0.15, 0.2) is 17.0 Å². The number of carbonyl (C=O) groups is 1. The van der Waals surface area contributed by atoms with Crippen LogP contribution in [0.3, 0.4) is 0 Å². The van der Waals surface area contributed by atoms with E-state index >= 15 is 0 Å². The molecule has 1 heterocycles. The van der Waals surface area contributed by atoms with Crippen molar-refractivity contribution in [2.24, 2.45) is 0 Å². The fourth-order valence-electron chi connectivity index (χ4n) is 2.03. The minimum absolute atomic E-state index is 0.0288. The molecule has 1 aromatic rings. The topological polar surface area (TPSA) is 93.1 Å². The number of rotatable bonds is 5. The van der Waals surface area contributed by atoms with Gasteiger partial charge in [-0.1, -0.05) is 23.2 Å². The predicted molar refractivity (Wildman–Crippen MR) is 83.4 cm³/mol. The zero-order valence-electron chi connectivity index (χ0n) is 12.0. The number of morpholine rings is 1. The molecule has 128 valence electrons. The lowest BCUT2D eigenvalue weighted by molar-refractivity contribution is 0.0433. The highest BCUT2D eigenvalue weighted by Crippen LogP contribution is 2.31. The van der Waals surface area contributed by atoms with Gasteiger partial charge in [0.25, 0.3) is 0 Å². The van der Waals surface area contributed by atoms with Crippen molar-refractivity contribution in [2.75, 3.05) is 39.5 Å². The molecule has 2 rings (SSSR count). The Morgan fingerprint density at radius 1 is 1.26 bits per heavy atom. The normalized spacial score (nSPS) is 16.3. The summed E-state index contributed by atoms with van der Waals surface area (Å²) >= 11 is 11.9. The second kappa shape index (κ2) is 7.78. The zero-order valence-corrected chi connectivity index (χ0v) is 14.3. The van der Waals surface area contributed by atoms with Gasteiger partial charge in [0.05, 0.1) is 35.4 Å². The largest absolute Gasteiger partial charge is 0.460 e. The van der Waals surface area contributed by atoms with E-state index in [9.17, 15) is 13.2 Å². The molecule has 10 heteroatoms. The van der Waals surface area contributed by atoms with Gasteiger partial charge >= 0.3 is 5.97 Å². The third-order valence-electron chi connectivity index (χ3n) is 3.15. The van der Waals surface area contributed by atoms with Crippen molar-refractivity contribution < 1.29 is 27.8 Å². The highest BCUT2D eigenvalue weighted by molar-refractivity contribution is 7.89. The molecule has 1 aromatic carbocycles. The molecular weight excluding hydrogens is 369 g/mol. The quantitative estimate of drug-likeness (QED) is 0.766. The molecule has 0 saturated carbocycles. The van der Waals surface area contributed by atoms with Crippen LogP contribution in [-0.2, 0) is 19.5 Å². The second-order valence-electron chi connectivity index (χ2n) is 4.64. The van der Waals surface area contributed by atoms with Gasteiger partial charge in [0, 0.05) is 13.1 Å². The van der Waals surface area contributed by atoms with E-state index in [1.165, 1.54) is 10.4 Å². The van der Waals surface area contributed by atoms with Crippen molar-refractivity contribution >= 4 is 39.2 Å². The van der Waals surface area contributed by atoms with E-state index in [1.54, 1.807) is 0 Å². The third-order valence-corrected chi connectivity index (χ3v) is 5.83. The summed E-state index contributed by atoms with van der Waals surface area (Å²) in [7, 11) is -3.88. The maximum atomic E-state index is 12.7. The number of nitrogens with zero attached hydrogens (tertiary/aromatic N) is 1. The first kappa shape index (κ1) is 18.4. The Kier molecular flexibility index (Phi) is 6.24. The van der Waals surface area contributed by atoms with Gasteiger partial charge in [0.2, 0.25) is 10.0 Å². The number of hydrogen-bond acceptors (Lipinski definition) is 6. The number of hydrogen-bond donors (Lipinski definition) is 1. The molecule has 0 aromatic heterocycles. The molecule has 0 bridgehead atoms. The summed E-state index contributed by atoms with van der Waals surface area (Å²) in [5, 5.41) is 8.57. The summed E-state index contributed by atoms with van der Waals surface area (Å²) in [5.74, 6) is -0.834. The van der Waals surface area contributed by atoms with Gasteiger partial charge in [-0.25, -0.2) is 13.2 Å². The first-order valence-corrected chi connectivity index (χ1v) is 8.92. The minimum atomic E-state index is -3.88. The molecule has 7 nitrogen and oxygen atoms in total. The van der Waals surface area contributed by atoms with Gasteiger partial charge < -0.3 is 14.6 Å². The first-order chi connectivity index (χ1) is 10.9. The van der Waals surface area contributed by atoms with Gasteiger partial charge in [-0.3, -0.25) is 0 Å². The van der Waals surface area contributed by atoms with E-state index in [1.807, 2.05) is 0 Å². The van der Waals surface area contributed by atoms with Crippen LogP contribution in [0.25, 0.3) is 0 Å². The molecule has 0 unspecified atom stereocenters. The highest BCUT2D eigenvalue weighted by Gasteiger charge is 2.30. The number of carbonyl (C=O) groups excluding carboxylic acids is 1. The number of sulfonamides is 1. The maximum absolute atomic E-state index is 12.7. The van der Waals surface area contributed by atoms with E-state index in [0.717, 1.165) is 6.07 Å². The molecule has 1 fully saturated rings. The smallest absolute Gasteiger partial charge is 0.339 e. The molecule has 0 atom stereocenters. The Morgan fingerprint density at radius 3 is 2.52 bits per heavy atom. The average molecular weight is 384 g/mol. The third kappa shape index (κ3) is 4.14. The highest BCUT2D eigenvalue weighted by atomic mass is 35.5. The molecule has 1 saturated heterocycles. The first-order valence-electron chi connectivity index (χ1n) is 6.73.